The van der Waals surface area contributed by atoms with Crippen LogP contribution in [0.25, 0.3) is 0 Å². The average Bonchev–Trinajstić information content (AvgIpc) is 2.69. The molecule has 0 spiro atoms. The highest BCUT2D eigenvalue weighted by molar-refractivity contribution is 5.69. The predicted octanol–water partition coefficient (Wildman–Crippen LogP) is 1.26. The molecule has 0 radical (unpaired) electrons. The molecule has 1 rings (SSSR count). The third kappa shape index (κ3) is 5.14. The van der Waals surface area contributed by atoms with Crippen LogP contribution in [0.1, 0.15) is 32.6 Å². The van der Waals surface area contributed by atoms with Crippen molar-refractivity contribution in [3.63, 3.8) is 0 Å². The van der Waals surface area contributed by atoms with Gasteiger partial charge in [0.2, 0.25) is 0 Å². The molecule has 1 aliphatic carbocycles. The summed E-state index contributed by atoms with van der Waals surface area (Å²) in [6.45, 7) is 3.65. The fourth-order valence-corrected chi connectivity index (χ4v) is 1.76. The number of rotatable bonds is 7. The van der Waals surface area contributed by atoms with Gasteiger partial charge < -0.3 is 15.2 Å². The number of carboxylic acids is 1. The van der Waals surface area contributed by atoms with Gasteiger partial charge >= 0.3 is 5.97 Å². The van der Waals surface area contributed by atoms with E-state index in [2.05, 4.69) is 5.32 Å². The van der Waals surface area contributed by atoms with Gasteiger partial charge in [-0.25, -0.2) is 0 Å². The number of ether oxygens (including phenoxy) is 1. The molecule has 0 aromatic rings. The summed E-state index contributed by atoms with van der Waals surface area (Å²) >= 11 is 0. The molecule has 0 saturated heterocycles. The van der Waals surface area contributed by atoms with Crippen LogP contribution in [0.4, 0.5) is 0 Å². The standard InChI is InChI=1S/C11H21NO3/c1-9(11(13)14)8-12-6-7-15-10-4-2-3-5-10/h9-10,12H,2-8H2,1H3,(H,13,14). The highest BCUT2D eigenvalue weighted by Crippen LogP contribution is 2.20. The summed E-state index contributed by atoms with van der Waals surface area (Å²) in [4.78, 5) is 10.5. The Labute approximate surface area is 91.0 Å². The molecule has 0 heterocycles. The van der Waals surface area contributed by atoms with E-state index in [9.17, 15) is 4.79 Å². The predicted molar refractivity (Wildman–Crippen MR) is 57.9 cm³/mol. The Bertz CT molecular complexity index is 190. The van der Waals surface area contributed by atoms with Crippen molar-refractivity contribution >= 4 is 5.97 Å². The highest BCUT2D eigenvalue weighted by Gasteiger charge is 2.14. The van der Waals surface area contributed by atoms with Gasteiger partial charge in [0.15, 0.2) is 0 Å². The maximum atomic E-state index is 10.5. The van der Waals surface area contributed by atoms with Gasteiger partial charge in [0.05, 0.1) is 18.6 Å². The molecule has 4 heteroatoms. The molecule has 1 atom stereocenters. The lowest BCUT2D eigenvalue weighted by atomic mass is 10.2. The minimum atomic E-state index is -0.751. The summed E-state index contributed by atoms with van der Waals surface area (Å²) in [5.74, 6) is -1.07. The minimum absolute atomic E-state index is 0.323. The number of nitrogens with one attached hydrogen (secondary N) is 1. The minimum Gasteiger partial charge on any atom is -0.481 e. The first-order valence-corrected chi connectivity index (χ1v) is 5.75. The maximum absolute atomic E-state index is 10.5. The van der Waals surface area contributed by atoms with Crippen LogP contribution in [0.3, 0.4) is 0 Å². The van der Waals surface area contributed by atoms with E-state index >= 15 is 0 Å². The molecule has 1 saturated carbocycles. The van der Waals surface area contributed by atoms with Crippen molar-refractivity contribution < 1.29 is 14.6 Å². The normalized spacial score (nSPS) is 19.3. The monoisotopic (exact) mass is 215 g/mol. The molecule has 0 aromatic carbocycles. The Kier molecular flexibility index (Phi) is 5.65. The van der Waals surface area contributed by atoms with E-state index in [1.807, 2.05) is 0 Å². The first kappa shape index (κ1) is 12.5. The van der Waals surface area contributed by atoms with Crippen LogP contribution >= 0.6 is 0 Å². The molecule has 4 nitrogen and oxygen atoms in total. The molecule has 0 aromatic heterocycles. The second kappa shape index (κ2) is 6.80. The van der Waals surface area contributed by atoms with Crippen molar-refractivity contribution in [2.24, 2.45) is 5.92 Å². The van der Waals surface area contributed by atoms with Gasteiger partial charge in [-0.15, -0.1) is 0 Å². The molecule has 0 amide bonds. The molecule has 1 fully saturated rings. The van der Waals surface area contributed by atoms with Gasteiger partial charge in [0.25, 0.3) is 0 Å². The summed E-state index contributed by atoms with van der Waals surface area (Å²) in [6, 6.07) is 0. The third-order valence-corrected chi connectivity index (χ3v) is 2.81. The highest BCUT2D eigenvalue weighted by atomic mass is 16.5. The van der Waals surface area contributed by atoms with Crippen molar-refractivity contribution in [3.8, 4) is 0 Å². The molecule has 15 heavy (non-hydrogen) atoms. The molecule has 1 aliphatic rings. The Morgan fingerprint density at radius 1 is 1.53 bits per heavy atom. The lowest BCUT2D eigenvalue weighted by molar-refractivity contribution is -0.140. The zero-order valence-corrected chi connectivity index (χ0v) is 9.37. The lowest BCUT2D eigenvalue weighted by Crippen LogP contribution is -2.29. The summed E-state index contributed by atoms with van der Waals surface area (Å²) < 4.78 is 5.64. The molecule has 1 unspecified atom stereocenters. The van der Waals surface area contributed by atoms with E-state index < -0.39 is 5.97 Å². The van der Waals surface area contributed by atoms with Gasteiger partial charge in [-0.1, -0.05) is 19.8 Å². The smallest absolute Gasteiger partial charge is 0.307 e. The quantitative estimate of drug-likeness (QED) is 0.628. The summed E-state index contributed by atoms with van der Waals surface area (Å²) in [6.07, 6.45) is 5.39. The van der Waals surface area contributed by atoms with Gasteiger partial charge in [0, 0.05) is 13.1 Å². The first-order valence-electron chi connectivity index (χ1n) is 5.75. The van der Waals surface area contributed by atoms with Gasteiger partial charge in [0.1, 0.15) is 0 Å². The van der Waals surface area contributed by atoms with Crippen molar-refractivity contribution in [1.29, 1.82) is 0 Å². The Balaban J connectivity index is 1.90. The molecule has 88 valence electrons. The second-order valence-corrected chi connectivity index (χ2v) is 4.22. The maximum Gasteiger partial charge on any atom is 0.307 e. The Morgan fingerprint density at radius 2 is 2.20 bits per heavy atom. The van der Waals surface area contributed by atoms with E-state index in [1.54, 1.807) is 6.92 Å². The SMILES string of the molecule is CC(CNCCOC1CCCC1)C(=O)O. The molecule has 0 aliphatic heterocycles. The average molecular weight is 215 g/mol. The van der Waals surface area contributed by atoms with Crippen molar-refractivity contribution in [3.05, 3.63) is 0 Å². The summed E-state index contributed by atoms with van der Waals surface area (Å²) in [5.41, 5.74) is 0. The second-order valence-electron chi connectivity index (χ2n) is 4.22. The van der Waals surface area contributed by atoms with Crippen LogP contribution in [0, 0.1) is 5.92 Å². The number of hydrogen-bond donors (Lipinski definition) is 2. The third-order valence-electron chi connectivity index (χ3n) is 2.81. The van der Waals surface area contributed by atoms with E-state index in [4.69, 9.17) is 9.84 Å². The van der Waals surface area contributed by atoms with Gasteiger partial charge in [-0.2, -0.15) is 0 Å². The van der Waals surface area contributed by atoms with Crippen LogP contribution in [0.2, 0.25) is 0 Å². The largest absolute Gasteiger partial charge is 0.481 e. The topological polar surface area (TPSA) is 58.6 Å². The van der Waals surface area contributed by atoms with Gasteiger partial charge in [-0.3, -0.25) is 4.79 Å². The van der Waals surface area contributed by atoms with E-state index in [1.165, 1.54) is 25.7 Å². The zero-order valence-electron chi connectivity index (χ0n) is 9.37. The first-order chi connectivity index (χ1) is 7.20. The number of aliphatic carboxylic acids is 1. The molecule has 0 bridgehead atoms. The fourth-order valence-electron chi connectivity index (χ4n) is 1.76. The van der Waals surface area contributed by atoms with E-state index in [-0.39, 0.29) is 5.92 Å². The fraction of sp³-hybridized carbons (Fsp3) is 0.909. The molecular weight excluding hydrogens is 194 g/mol. The Morgan fingerprint density at radius 3 is 2.80 bits per heavy atom. The number of carbonyl (C=O) groups is 1. The van der Waals surface area contributed by atoms with Crippen molar-refractivity contribution in [2.45, 2.75) is 38.7 Å². The number of hydrogen-bond acceptors (Lipinski definition) is 3. The van der Waals surface area contributed by atoms with Crippen LogP contribution < -0.4 is 5.32 Å². The van der Waals surface area contributed by atoms with Crippen LogP contribution in [0.15, 0.2) is 0 Å². The number of carboxylic acid groups (broad SMARTS) is 1. The van der Waals surface area contributed by atoms with Crippen LogP contribution in [-0.4, -0.2) is 36.9 Å². The van der Waals surface area contributed by atoms with Crippen molar-refractivity contribution in [2.75, 3.05) is 19.7 Å². The molecular formula is C11H21NO3. The lowest BCUT2D eigenvalue weighted by Gasteiger charge is -2.12. The zero-order chi connectivity index (χ0) is 11.1. The van der Waals surface area contributed by atoms with Crippen molar-refractivity contribution in [1.82, 2.24) is 5.32 Å². The Hall–Kier alpha value is -0.610. The summed E-state index contributed by atoms with van der Waals surface area (Å²) in [7, 11) is 0. The van der Waals surface area contributed by atoms with Crippen LogP contribution in [-0.2, 0) is 9.53 Å². The van der Waals surface area contributed by atoms with Gasteiger partial charge in [-0.05, 0) is 12.8 Å². The van der Waals surface area contributed by atoms with Crippen LogP contribution in [0.5, 0.6) is 0 Å². The molecule has 2 N–H and O–H groups in total. The van der Waals surface area contributed by atoms with E-state index in [0.717, 1.165) is 6.54 Å². The summed E-state index contributed by atoms with van der Waals surface area (Å²) in [5, 5.41) is 11.7. The van der Waals surface area contributed by atoms with E-state index in [0.29, 0.717) is 19.3 Å².